The summed E-state index contributed by atoms with van der Waals surface area (Å²) < 4.78 is 1.82. The van der Waals surface area contributed by atoms with Crippen LogP contribution in [0.4, 0.5) is 5.69 Å². The number of anilines is 1. The Bertz CT molecular complexity index is 822. The largest absolute Gasteiger partial charge is 0.367 e. The molecule has 27 heavy (non-hydrogen) atoms. The topological polar surface area (TPSA) is 71.3 Å². The maximum atomic E-state index is 12.7. The Labute approximate surface area is 160 Å². The van der Waals surface area contributed by atoms with Crippen molar-refractivity contribution in [1.29, 1.82) is 0 Å². The number of carbonyl (C=O) groups excluding carboxylic acids is 2. The number of hydrogen-bond donors (Lipinski definition) is 0. The first-order chi connectivity index (χ1) is 12.9. The zero-order chi connectivity index (χ0) is 19.6. The van der Waals surface area contributed by atoms with Crippen molar-refractivity contribution in [2.45, 2.75) is 40.2 Å². The van der Waals surface area contributed by atoms with E-state index in [1.807, 2.05) is 48.7 Å². The van der Waals surface area contributed by atoms with E-state index in [1.165, 1.54) is 0 Å². The van der Waals surface area contributed by atoms with Crippen LogP contribution in [0.3, 0.4) is 0 Å². The van der Waals surface area contributed by atoms with Gasteiger partial charge in [-0.3, -0.25) is 19.3 Å². The van der Waals surface area contributed by atoms with Gasteiger partial charge in [0.25, 0.3) is 0 Å². The Kier molecular flexibility index (Phi) is 5.58. The summed E-state index contributed by atoms with van der Waals surface area (Å²) in [5.74, 6) is 0.145. The van der Waals surface area contributed by atoms with Crippen LogP contribution in [0.2, 0.25) is 0 Å². The van der Waals surface area contributed by atoms with E-state index in [9.17, 15) is 9.59 Å². The summed E-state index contributed by atoms with van der Waals surface area (Å²) in [4.78, 5) is 32.9. The average molecular weight is 369 g/mol. The minimum absolute atomic E-state index is 0.0151. The number of Topliss-reactive ketones (excluding diaryl/α,β-unsaturated/α-hetero) is 1. The first-order valence-electron chi connectivity index (χ1n) is 9.38. The maximum Gasteiger partial charge on any atom is 0.224 e. The van der Waals surface area contributed by atoms with E-state index in [2.05, 4.69) is 15.0 Å². The number of rotatable bonds is 5. The summed E-state index contributed by atoms with van der Waals surface area (Å²) in [7, 11) is 0. The van der Waals surface area contributed by atoms with E-state index in [0.717, 1.165) is 30.2 Å². The summed E-state index contributed by atoms with van der Waals surface area (Å²) in [6, 6.07) is 3.89. The zero-order valence-electron chi connectivity index (χ0n) is 16.5. The van der Waals surface area contributed by atoms with E-state index >= 15 is 0 Å². The third kappa shape index (κ3) is 4.02. The fraction of sp³-hybridized carbons (Fsp3) is 0.500. The van der Waals surface area contributed by atoms with Gasteiger partial charge in [-0.05, 0) is 39.8 Å². The molecule has 1 atom stereocenters. The van der Waals surface area contributed by atoms with Crippen LogP contribution in [0.15, 0.2) is 24.5 Å². The second kappa shape index (κ2) is 7.90. The van der Waals surface area contributed by atoms with Crippen molar-refractivity contribution in [3.8, 4) is 0 Å². The molecule has 0 N–H and O–H groups in total. The van der Waals surface area contributed by atoms with Crippen LogP contribution in [0.25, 0.3) is 0 Å². The van der Waals surface area contributed by atoms with E-state index < -0.39 is 0 Å². The number of pyridine rings is 1. The first kappa shape index (κ1) is 19.1. The van der Waals surface area contributed by atoms with Crippen LogP contribution in [0, 0.1) is 13.8 Å². The monoisotopic (exact) mass is 369 g/mol. The molecule has 3 rings (SSSR count). The number of nitrogens with zero attached hydrogens (tertiary/aromatic N) is 5. The molecule has 1 saturated heterocycles. The molecule has 0 bridgehead atoms. The highest BCUT2D eigenvalue weighted by Gasteiger charge is 2.25. The molecule has 0 aromatic carbocycles. The third-order valence-electron chi connectivity index (χ3n) is 5.21. The van der Waals surface area contributed by atoms with E-state index in [0.29, 0.717) is 25.1 Å². The Morgan fingerprint density at radius 2 is 1.89 bits per heavy atom. The highest BCUT2D eigenvalue weighted by Crippen LogP contribution is 2.21. The number of ketones is 1. The number of aromatic nitrogens is 3. The van der Waals surface area contributed by atoms with Gasteiger partial charge in [-0.2, -0.15) is 5.10 Å². The van der Waals surface area contributed by atoms with E-state index in [4.69, 9.17) is 0 Å². The lowest BCUT2D eigenvalue weighted by Crippen LogP contribution is -2.49. The molecule has 7 nitrogen and oxygen atoms in total. The van der Waals surface area contributed by atoms with Gasteiger partial charge in [-0.1, -0.05) is 0 Å². The molecule has 1 amide bonds. The quantitative estimate of drug-likeness (QED) is 0.757. The highest BCUT2D eigenvalue weighted by molar-refractivity contribution is 5.96. The summed E-state index contributed by atoms with van der Waals surface area (Å²) in [5.41, 5.74) is 3.32. The minimum Gasteiger partial charge on any atom is -0.367 e. The van der Waals surface area contributed by atoms with Gasteiger partial charge in [0.2, 0.25) is 5.91 Å². The Morgan fingerprint density at radius 3 is 2.44 bits per heavy atom. The maximum absolute atomic E-state index is 12.7. The van der Waals surface area contributed by atoms with Crippen molar-refractivity contribution in [2.75, 3.05) is 31.1 Å². The second-order valence-corrected chi connectivity index (χ2v) is 7.18. The molecule has 2 aromatic heterocycles. The average Bonchev–Trinajstić information content (AvgIpc) is 2.97. The molecule has 3 heterocycles. The fourth-order valence-corrected chi connectivity index (χ4v) is 3.82. The molecule has 144 valence electrons. The van der Waals surface area contributed by atoms with Crippen LogP contribution in [0.1, 0.15) is 48.1 Å². The predicted molar refractivity (Wildman–Crippen MR) is 104 cm³/mol. The molecule has 0 spiro atoms. The van der Waals surface area contributed by atoms with Crippen LogP contribution < -0.4 is 4.90 Å². The van der Waals surface area contributed by atoms with E-state index in [1.54, 1.807) is 13.1 Å². The fourth-order valence-electron chi connectivity index (χ4n) is 3.82. The molecular formula is C20H27N5O2. The molecule has 7 heteroatoms. The molecule has 0 aliphatic carbocycles. The summed E-state index contributed by atoms with van der Waals surface area (Å²) >= 11 is 0. The highest BCUT2D eigenvalue weighted by atomic mass is 16.2. The van der Waals surface area contributed by atoms with Gasteiger partial charge < -0.3 is 9.80 Å². The molecule has 1 aliphatic rings. The number of hydrogen-bond acceptors (Lipinski definition) is 5. The number of aryl methyl sites for hydroxylation is 1. The van der Waals surface area contributed by atoms with Crippen molar-refractivity contribution in [1.82, 2.24) is 19.7 Å². The summed E-state index contributed by atoms with van der Waals surface area (Å²) in [6.07, 6.45) is 4.00. The Hall–Kier alpha value is -2.70. The lowest BCUT2D eigenvalue weighted by atomic mass is 10.1. The first-order valence-corrected chi connectivity index (χ1v) is 9.38. The Morgan fingerprint density at radius 1 is 1.19 bits per heavy atom. The van der Waals surface area contributed by atoms with E-state index in [-0.39, 0.29) is 17.7 Å². The molecule has 0 unspecified atom stereocenters. The van der Waals surface area contributed by atoms with Crippen LogP contribution in [-0.2, 0) is 4.79 Å². The third-order valence-corrected chi connectivity index (χ3v) is 5.21. The predicted octanol–water partition coefficient (Wildman–Crippen LogP) is 2.40. The van der Waals surface area contributed by atoms with Gasteiger partial charge in [0, 0.05) is 44.5 Å². The van der Waals surface area contributed by atoms with Crippen molar-refractivity contribution in [3.05, 3.63) is 41.5 Å². The van der Waals surface area contributed by atoms with Gasteiger partial charge in [0.05, 0.1) is 29.2 Å². The van der Waals surface area contributed by atoms with Gasteiger partial charge in [0.1, 0.15) is 0 Å². The molecule has 0 saturated carbocycles. The molecule has 1 aliphatic heterocycles. The van der Waals surface area contributed by atoms with Gasteiger partial charge in [-0.15, -0.1) is 0 Å². The van der Waals surface area contributed by atoms with Crippen LogP contribution in [0.5, 0.6) is 0 Å². The van der Waals surface area contributed by atoms with Crippen molar-refractivity contribution in [3.63, 3.8) is 0 Å². The Balaban J connectivity index is 1.60. The minimum atomic E-state index is -0.0827. The lowest BCUT2D eigenvalue weighted by Gasteiger charge is -2.36. The number of amides is 1. The van der Waals surface area contributed by atoms with Crippen molar-refractivity contribution >= 4 is 17.4 Å². The second-order valence-electron chi connectivity index (χ2n) is 7.18. The normalized spacial score (nSPS) is 15.7. The number of piperazine rings is 1. The van der Waals surface area contributed by atoms with Crippen LogP contribution >= 0.6 is 0 Å². The van der Waals surface area contributed by atoms with Crippen molar-refractivity contribution in [2.24, 2.45) is 0 Å². The van der Waals surface area contributed by atoms with Gasteiger partial charge >= 0.3 is 0 Å². The standard InChI is InChI=1S/C20H27N5O2/c1-14(25-16(3)20(17(4)26)15(2)22-25)12-19(27)24-10-8-23(9-11-24)18-6-5-7-21-13-18/h5-7,13-14H,8-12H2,1-4H3/t14-/m0/s1. The lowest BCUT2D eigenvalue weighted by molar-refractivity contribution is -0.132. The van der Waals surface area contributed by atoms with Gasteiger partial charge in [-0.25, -0.2) is 0 Å². The van der Waals surface area contributed by atoms with Gasteiger partial charge in [0.15, 0.2) is 5.78 Å². The van der Waals surface area contributed by atoms with Crippen molar-refractivity contribution < 1.29 is 9.59 Å². The zero-order valence-corrected chi connectivity index (χ0v) is 16.5. The summed E-state index contributed by atoms with van der Waals surface area (Å²) in [5, 5.41) is 4.49. The SMILES string of the molecule is CC(=O)c1c(C)nn([C@@H](C)CC(=O)N2CCN(c3cccnc3)CC2)c1C. The molecule has 0 radical (unpaired) electrons. The smallest absolute Gasteiger partial charge is 0.224 e. The molecule has 1 fully saturated rings. The summed E-state index contributed by atoms with van der Waals surface area (Å²) in [6.45, 7) is 10.3. The molecular weight excluding hydrogens is 342 g/mol. The van der Waals surface area contributed by atoms with Crippen LogP contribution in [-0.4, -0.2) is 57.5 Å². The number of carbonyl (C=O) groups is 2. The molecule has 2 aromatic rings.